The van der Waals surface area contributed by atoms with Crippen LogP contribution in [0.2, 0.25) is 0 Å². The number of benzene rings is 1. The van der Waals surface area contributed by atoms with Gasteiger partial charge in [0.15, 0.2) is 17.4 Å². The summed E-state index contributed by atoms with van der Waals surface area (Å²) in [5.41, 5.74) is 1.54. The van der Waals surface area contributed by atoms with E-state index < -0.39 is 5.82 Å². The number of amides is 1. The van der Waals surface area contributed by atoms with Crippen molar-refractivity contribution >= 4 is 11.9 Å². The summed E-state index contributed by atoms with van der Waals surface area (Å²) in [6.45, 7) is 0.444. The third-order valence-electron chi connectivity index (χ3n) is 4.54. The number of carbonyl (C=O) groups excluding carboxylic acids is 1. The molecule has 0 radical (unpaired) electrons. The molecule has 0 bridgehead atoms. The number of halogens is 1. The first kappa shape index (κ1) is 16.2. The monoisotopic (exact) mass is 353 g/mol. The van der Waals surface area contributed by atoms with Crippen molar-refractivity contribution in [1.29, 1.82) is 0 Å². The van der Waals surface area contributed by atoms with Gasteiger partial charge in [-0.05, 0) is 42.2 Å². The van der Waals surface area contributed by atoms with Crippen LogP contribution >= 0.6 is 0 Å². The van der Waals surface area contributed by atoms with Gasteiger partial charge < -0.3 is 5.11 Å². The molecule has 0 aliphatic carbocycles. The molecule has 1 fully saturated rings. The molecule has 3 aromatic rings. The zero-order valence-electron chi connectivity index (χ0n) is 13.8. The van der Waals surface area contributed by atoms with Gasteiger partial charge in [0, 0.05) is 30.9 Å². The fourth-order valence-corrected chi connectivity index (χ4v) is 3.12. The van der Waals surface area contributed by atoms with Crippen molar-refractivity contribution in [3.63, 3.8) is 0 Å². The molecule has 8 heteroatoms. The Morgan fingerprint density at radius 1 is 1.23 bits per heavy atom. The van der Waals surface area contributed by atoms with Gasteiger partial charge in [-0.15, -0.1) is 5.10 Å². The molecule has 0 saturated carbocycles. The average molecular weight is 353 g/mol. The minimum absolute atomic E-state index is 0.0903. The number of hydrogen-bond donors (Lipinski definition) is 2. The zero-order chi connectivity index (χ0) is 18.1. The third-order valence-corrected chi connectivity index (χ3v) is 4.54. The summed E-state index contributed by atoms with van der Waals surface area (Å²) in [7, 11) is 0. The number of piperidine rings is 1. The first-order chi connectivity index (χ1) is 12.6. The molecule has 1 aliphatic rings. The molecule has 1 saturated heterocycles. The second-order valence-electron chi connectivity index (χ2n) is 6.17. The maximum atomic E-state index is 13.6. The number of rotatable bonds is 3. The Morgan fingerprint density at radius 3 is 2.77 bits per heavy atom. The van der Waals surface area contributed by atoms with Crippen molar-refractivity contribution in [2.45, 2.75) is 18.8 Å². The second kappa shape index (κ2) is 6.55. The number of aromatic amines is 1. The Balaban J connectivity index is 1.50. The van der Waals surface area contributed by atoms with Crippen molar-refractivity contribution in [2.24, 2.45) is 0 Å². The summed E-state index contributed by atoms with van der Waals surface area (Å²) in [4.78, 5) is 22.4. The number of nitrogens with one attached hydrogen (secondary N) is 1. The van der Waals surface area contributed by atoms with Gasteiger partial charge >= 0.3 is 0 Å². The Kier molecular flexibility index (Phi) is 4.08. The predicted octanol–water partition coefficient (Wildman–Crippen LogP) is 2.62. The number of phenolic OH excluding ortho intramolecular Hbond substituents is 1. The van der Waals surface area contributed by atoms with Crippen LogP contribution in [0.25, 0.3) is 11.4 Å². The minimum atomic E-state index is -0.673. The van der Waals surface area contributed by atoms with Crippen molar-refractivity contribution in [1.82, 2.24) is 20.2 Å². The fourth-order valence-electron chi connectivity index (χ4n) is 3.12. The van der Waals surface area contributed by atoms with E-state index in [1.807, 2.05) is 0 Å². The summed E-state index contributed by atoms with van der Waals surface area (Å²) in [6.07, 6.45) is 4.22. The van der Waals surface area contributed by atoms with E-state index in [0.29, 0.717) is 30.3 Å². The van der Waals surface area contributed by atoms with Crippen molar-refractivity contribution < 1.29 is 14.3 Å². The summed E-state index contributed by atoms with van der Waals surface area (Å²) < 4.78 is 13.6. The molecule has 1 amide bonds. The van der Waals surface area contributed by atoms with Crippen LogP contribution in [0, 0.1) is 5.82 Å². The minimum Gasteiger partial charge on any atom is -0.505 e. The number of nitrogens with zero attached hydrogens (tertiary/aromatic N) is 4. The molecular formula is C18H16FN5O2. The van der Waals surface area contributed by atoms with E-state index in [1.165, 1.54) is 17.0 Å². The van der Waals surface area contributed by atoms with Gasteiger partial charge in [0.05, 0.1) is 0 Å². The van der Waals surface area contributed by atoms with Crippen LogP contribution in [0.4, 0.5) is 10.3 Å². The number of aromatic hydroxyl groups is 1. The van der Waals surface area contributed by atoms with Crippen LogP contribution in [0.15, 0.2) is 42.7 Å². The Hall–Kier alpha value is -3.29. The largest absolute Gasteiger partial charge is 0.505 e. The first-order valence-corrected chi connectivity index (χ1v) is 8.23. The highest BCUT2D eigenvalue weighted by Gasteiger charge is 2.30. The molecule has 132 valence electrons. The number of anilines is 1. The molecule has 1 aromatic carbocycles. The molecule has 1 aliphatic heterocycles. The average Bonchev–Trinajstić information content (AvgIpc) is 3.14. The number of H-pyrrole nitrogens is 1. The molecule has 2 N–H and O–H groups in total. The summed E-state index contributed by atoms with van der Waals surface area (Å²) in [5, 5.41) is 16.3. The predicted molar refractivity (Wildman–Crippen MR) is 92.0 cm³/mol. The number of hydrogen-bond acceptors (Lipinski definition) is 5. The number of phenols is 1. The molecule has 1 unspecified atom stereocenters. The van der Waals surface area contributed by atoms with E-state index in [4.69, 9.17) is 0 Å². The number of carbonyl (C=O) groups is 1. The molecule has 2 aromatic heterocycles. The van der Waals surface area contributed by atoms with Gasteiger partial charge in [-0.25, -0.2) is 4.39 Å². The highest BCUT2D eigenvalue weighted by Crippen LogP contribution is 2.32. The quantitative estimate of drug-likeness (QED) is 0.755. The van der Waals surface area contributed by atoms with Gasteiger partial charge in [0.2, 0.25) is 5.91 Å². The molecule has 1 atom stereocenters. The Bertz CT molecular complexity index is 944. The molecule has 0 spiro atoms. The summed E-state index contributed by atoms with van der Waals surface area (Å²) >= 11 is 0. The number of pyridine rings is 1. The van der Waals surface area contributed by atoms with E-state index in [1.54, 1.807) is 30.6 Å². The SMILES string of the molecule is O=C1CC(c2ccc(O)c(F)c2)CCN1c1n[nH]c(-c2ccncc2)n1. The van der Waals surface area contributed by atoms with Gasteiger partial charge in [0.1, 0.15) is 0 Å². The second-order valence-corrected chi connectivity index (χ2v) is 6.17. The van der Waals surface area contributed by atoms with Crippen molar-refractivity contribution in [3.05, 3.63) is 54.1 Å². The molecular weight excluding hydrogens is 337 g/mol. The standard InChI is InChI=1S/C18H16FN5O2/c19-14-9-12(1-2-15(14)25)13-5-8-24(16(26)10-13)18-21-17(22-23-18)11-3-6-20-7-4-11/h1-4,6-7,9,13,25H,5,8,10H2,(H,21,22,23). The molecule has 26 heavy (non-hydrogen) atoms. The Morgan fingerprint density at radius 2 is 2.04 bits per heavy atom. The zero-order valence-corrected chi connectivity index (χ0v) is 13.8. The Labute approximate surface area is 148 Å². The highest BCUT2D eigenvalue weighted by atomic mass is 19.1. The lowest BCUT2D eigenvalue weighted by Gasteiger charge is -2.29. The van der Waals surface area contributed by atoms with Crippen LogP contribution in [0.5, 0.6) is 5.75 Å². The molecule has 3 heterocycles. The topological polar surface area (TPSA) is 95.0 Å². The van der Waals surface area contributed by atoms with Gasteiger partial charge in [-0.2, -0.15) is 4.98 Å². The third kappa shape index (κ3) is 3.01. The van der Waals surface area contributed by atoms with Crippen LogP contribution in [0.1, 0.15) is 24.3 Å². The molecule has 7 nitrogen and oxygen atoms in total. The smallest absolute Gasteiger partial charge is 0.251 e. The van der Waals surface area contributed by atoms with Gasteiger partial charge in [0.25, 0.3) is 5.95 Å². The highest BCUT2D eigenvalue weighted by molar-refractivity contribution is 5.93. The maximum Gasteiger partial charge on any atom is 0.251 e. The summed E-state index contributed by atoms with van der Waals surface area (Å²) in [5.74, 6) is -0.368. The van der Waals surface area contributed by atoms with E-state index in [-0.39, 0.29) is 24.0 Å². The van der Waals surface area contributed by atoms with Crippen molar-refractivity contribution in [2.75, 3.05) is 11.4 Å². The van der Waals surface area contributed by atoms with Crippen molar-refractivity contribution in [3.8, 4) is 17.1 Å². The lowest BCUT2D eigenvalue weighted by molar-refractivity contribution is -0.120. The summed E-state index contributed by atoms with van der Waals surface area (Å²) in [6, 6.07) is 7.87. The maximum absolute atomic E-state index is 13.6. The van der Waals surface area contributed by atoms with Crippen LogP contribution < -0.4 is 4.90 Å². The first-order valence-electron chi connectivity index (χ1n) is 8.23. The normalized spacial score (nSPS) is 17.5. The van der Waals surface area contributed by atoms with Gasteiger partial charge in [-0.3, -0.25) is 19.8 Å². The van der Waals surface area contributed by atoms with E-state index >= 15 is 0 Å². The van der Waals surface area contributed by atoms with E-state index in [9.17, 15) is 14.3 Å². The van der Waals surface area contributed by atoms with Crippen LogP contribution in [0.3, 0.4) is 0 Å². The number of aromatic nitrogens is 4. The van der Waals surface area contributed by atoms with Crippen LogP contribution in [-0.4, -0.2) is 37.7 Å². The lowest BCUT2D eigenvalue weighted by atomic mass is 9.89. The fraction of sp³-hybridized carbons (Fsp3) is 0.222. The van der Waals surface area contributed by atoms with E-state index in [0.717, 1.165) is 5.56 Å². The lowest BCUT2D eigenvalue weighted by Crippen LogP contribution is -2.38. The van der Waals surface area contributed by atoms with Gasteiger partial charge in [-0.1, -0.05) is 6.07 Å². The van der Waals surface area contributed by atoms with E-state index in [2.05, 4.69) is 20.2 Å². The van der Waals surface area contributed by atoms with Crippen LogP contribution in [-0.2, 0) is 4.79 Å². The molecule has 4 rings (SSSR count).